The normalized spacial score (nSPS) is 14.0. The van der Waals surface area contributed by atoms with Crippen molar-refractivity contribution in [3.63, 3.8) is 0 Å². The second kappa shape index (κ2) is 7.08. The average Bonchev–Trinajstić information content (AvgIpc) is 3.06. The smallest absolute Gasteiger partial charge is 0.270 e. The fourth-order valence-corrected chi connectivity index (χ4v) is 3.55. The molecular formula is C22H23N3O. The van der Waals surface area contributed by atoms with Crippen LogP contribution in [-0.4, -0.2) is 35.5 Å². The number of nitrogens with zero attached hydrogens (tertiary/aromatic N) is 3. The highest BCUT2D eigenvalue weighted by molar-refractivity contribution is 5.93. The number of anilines is 1. The number of likely N-dealkylation sites (N-methyl/N-ethyl adjacent to an activating group) is 1. The highest BCUT2D eigenvalue weighted by Gasteiger charge is 2.23. The van der Waals surface area contributed by atoms with E-state index in [1.165, 1.54) is 16.8 Å². The second-order valence-electron chi connectivity index (χ2n) is 6.78. The lowest BCUT2D eigenvalue weighted by Crippen LogP contribution is -2.35. The van der Waals surface area contributed by atoms with Crippen LogP contribution in [0.5, 0.6) is 0 Å². The van der Waals surface area contributed by atoms with Gasteiger partial charge in [0.15, 0.2) is 0 Å². The molecule has 1 aliphatic heterocycles. The molecule has 26 heavy (non-hydrogen) atoms. The molecule has 4 nitrogen and oxygen atoms in total. The van der Waals surface area contributed by atoms with Gasteiger partial charge in [-0.3, -0.25) is 4.79 Å². The zero-order valence-electron chi connectivity index (χ0n) is 15.0. The van der Waals surface area contributed by atoms with Crippen LogP contribution >= 0.6 is 0 Å². The fraction of sp³-hybridized carbons (Fsp3) is 0.227. The summed E-state index contributed by atoms with van der Waals surface area (Å²) in [5.74, 6) is 0.0936. The predicted molar refractivity (Wildman–Crippen MR) is 104 cm³/mol. The number of benzene rings is 2. The third kappa shape index (κ3) is 3.23. The molecule has 0 saturated heterocycles. The van der Waals surface area contributed by atoms with Crippen LogP contribution in [0.15, 0.2) is 72.9 Å². The third-order valence-corrected chi connectivity index (χ3v) is 5.00. The van der Waals surface area contributed by atoms with E-state index in [9.17, 15) is 4.79 Å². The number of carbonyl (C=O) groups is 1. The van der Waals surface area contributed by atoms with Gasteiger partial charge in [-0.2, -0.15) is 0 Å². The lowest BCUT2D eigenvalue weighted by atomic mass is 10.1. The van der Waals surface area contributed by atoms with Gasteiger partial charge in [-0.15, -0.1) is 0 Å². The van der Waals surface area contributed by atoms with Crippen molar-refractivity contribution in [2.24, 2.45) is 0 Å². The number of hydrogen-bond acceptors (Lipinski definition) is 2. The van der Waals surface area contributed by atoms with Crippen molar-refractivity contribution in [1.82, 2.24) is 9.47 Å². The Balaban J connectivity index is 1.58. The number of carbonyl (C=O) groups excluding carboxylic acids is 1. The van der Waals surface area contributed by atoms with Gasteiger partial charge in [-0.05, 0) is 29.3 Å². The molecular weight excluding hydrogens is 322 g/mol. The van der Waals surface area contributed by atoms with Crippen LogP contribution in [0.3, 0.4) is 0 Å². The van der Waals surface area contributed by atoms with Crippen molar-refractivity contribution in [2.45, 2.75) is 13.1 Å². The molecule has 0 bridgehead atoms. The maximum atomic E-state index is 13.2. The topological polar surface area (TPSA) is 28.5 Å². The molecule has 0 spiro atoms. The van der Waals surface area contributed by atoms with E-state index in [4.69, 9.17) is 0 Å². The quantitative estimate of drug-likeness (QED) is 0.725. The van der Waals surface area contributed by atoms with Crippen molar-refractivity contribution >= 4 is 11.6 Å². The molecule has 0 N–H and O–H groups in total. The lowest BCUT2D eigenvalue weighted by Gasteiger charge is -2.22. The van der Waals surface area contributed by atoms with Crippen LogP contribution in [0.25, 0.3) is 0 Å². The minimum absolute atomic E-state index is 0.0936. The summed E-state index contributed by atoms with van der Waals surface area (Å²) in [6.45, 7) is 2.91. The zero-order valence-corrected chi connectivity index (χ0v) is 15.0. The molecule has 0 unspecified atom stereocenters. The fourth-order valence-electron chi connectivity index (χ4n) is 3.55. The molecule has 132 valence electrons. The summed E-state index contributed by atoms with van der Waals surface area (Å²) in [5, 5.41) is 0. The van der Waals surface area contributed by atoms with Crippen molar-refractivity contribution in [1.29, 1.82) is 0 Å². The molecule has 0 saturated carbocycles. The van der Waals surface area contributed by atoms with Crippen molar-refractivity contribution < 1.29 is 4.79 Å². The van der Waals surface area contributed by atoms with Gasteiger partial charge < -0.3 is 14.4 Å². The standard InChI is InChI=1S/C22H23N3O/c1-23-14-15-25(17-19-10-5-6-11-20(19)23)22(26)21-12-7-13-24(21)16-18-8-3-2-4-9-18/h2-13H,14-17H2,1H3. The monoisotopic (exact) mass is 345 g/mol. The maximum absolute atomic E-state index is 13.2. The molecule has 0 radical (unpaired) electrons. The Labute approximate surface area is 154 Å². The molecule has 1 amide bonds. The van der Waals surface area contributed by atoms with Crippen LogP contribution in [0.4, 0.5) is 5.69 Å². The number of hydrogen-bond donors (Lipinski definition) is 0. The average molecular weight is 345 g/mol. The van der Waals surface area contributed by atoms with Gasteiger partial charge in [0.1, 0.15) is 5.69 Å². The Morgan fingerprint density at radius 3 is 2.54 bits per heavy atom. The van der Waals surface area contributed by atoms with E-state index in [2.05, 4.69) is 42.3 Å². The molecule has 1 aliphatic rings. The van der Waals surface area contributed by atoms with E-state index >= 15 is 0 Å². The highest BCUT2D eigenvalue weighted by atomic mass is 16.2. The van der Waals surface area contributed by atoms with Gasteiger partial charge in [-0.25, -0.2) is 0 Å². The van der Waals surface area contributed by atoms with Gasteiger partial charge >= 0.3 is 0 Å². The molecule has 0 aliphatic carbocycles. The van der Waals surface area contributed by atoms with Gasteiger partial charge in [0.25, 0.3) is 5.91 Å². The van der Waals surface area contributed by atoms with Crippen LogP contribution in [0.1, 0.15) is 21.6 Å². The zero-order chi connectivity index (χ0) is 17.9. The van der Waals surface area contributed by atoms with E-state index < -0.39 is 0 Å². The Kier molecular flexibility index (Phi) is 4.48. The number of fused-ring (bicyclic) bond motifs is 1. The molecule has 2 heterocycles. The third-order valence-electron chi connectivity index (χ3n) is 5.00. The summed E-state index contributed by atoms with van der Waals surface area (Å²) in [5.41, 5.74) is 4.35. The minimum Gasteiger partial charge on any atom is -0.373 e. The lowest BCUT2D eigenvalue weighted by molar-refractivity contribution is 0.0741. The molecule has 0 atom stereocenters. The number of amides is 1. The van der Waals surface area contributed by atoms with Crippen molar-refractivity contribution in [3.05, 3.63) is 89.7 Å². The first-order chi connectivity index (χ1) is 12.7. The second-order valence-corrected chi connectivity index (χ2v) is 6.78. The van der Waals surface area contributed by atoms with Crippen LogP contribution in [0, 0.1) is 0 Å². The number of para-hydroxylation sites is 1. The van der Waals surface area contributed by atoms with Gasteiger partial charge in [-0.1, -0.05) is 48.5 Å². The Hall–Kier alpha value is -3.01. The molecule has 2 aromatic carbocycles. The van der Waals surface area contributed by atoms with E-state index in [1.54, 1.807) is 0 Å². The SMILES string of the molecule is CN1CCN(C(=O)c2cccn2Cc2ccccc2)Cc2ccccc21. The molecule has 3 aromatic rings. The molecule has 0 fully saturated rings. The molecule has 4 heteroatoms. The van der Waals surface area contributed by atoms with Crippen LogP contribution in [-0.2, 0) is 13.1 Å². The number of rotatable bonds is 3. The van der Waals surface area contributed by atoms with E-state index in [0.29, 0.717) is 13.1 Å². The minimum atomic E-state index is 0.0936. The summed E-state index contributed by atoms with van der Waals surface area (Å²) >= 11 is 0. The summed E-state index contributed by atoms with van der Waals surface area (Å²) < 4.78 is 2.04. The summed E-state index contributed by atoms with van der Waals surface area (Å²) in [6.07, 6.45) is 1.98. The summed E-state index contributed by atoms with van der Waals surface area (Å²) in [4.78, 5) is 17.4. The van der Waals surface area contributed by atoms with Crippen LogP contribution < -0.4 is 4.90 Å². The van der Waals surface area contributed by atoms with Gasteiger partial charge in [0.05, 0.1) is 0 Å². The van der Waals surface area contributed by atoms with Crippen LogP contribution in [0.2, 0.25) is 0 Å². The maximum Gasteiger partial charge on any atom is 0.270 e. The first-order valence-corrected chi connectivity index (χ1v) is 9.00. The number of aromatic nitrogens is 1. The van der Waals surface area contributed by atoms with Crippen molar-refractivity contribution in [2.75, 3.05) is 25.0 Å². The molecule has 4 rings (SSSR count). The Bertz CT molecular complexity index is 901. The Morgan fingerprint density at radius 1 is 0.923 bits per heavy atom. The van der Waals surface area contributed by atoms with E-state index in [1.807, 2.05) is 52.1 Å². The largest absolute Gasteiger partial charge is 0.373 e. The van der Waals surface area contributed by atoms with Crippen molar-refractivity contribution in [3.8, 4) is 0 Å². The van der Waals surface area contributed by atoms with Gasteiger partial charge in [0.2, 0.25) is 0 Å². The summed E-state index contributed by atoms with van der Waals surface area (Å²) in [6, 6.07) is 22.5. The van der Waals surface area contributed by atoms with E-state index in [0.717, 1.165) is 18.8 Å². The Morgan fingerprint density at radius 2 is 1.69 bits per heavy atom. The first kappa shape index (κ1) is 16.5. The van der Waals surface area contributed by atoms with Gasteiger partial charge in [0, 0.05) is 45.1 Å². The summed E-state index contributed by atoms with van der Waals surface area (Å²) in [7, 11) is 2.09. The first-order valence-electron chi connectivity index (χ1n) is 9.00. The predicted octanol–water partition coefficient (Wildman–Crippen LogP) is 3.63. The molecule has 1 aromatic heterocycles. The van der Waals surface area contributed by atoms with E-state index in [-0.39, 0.29) is 5.91 Å². The highest BCUT2D eigenvalue weighted by Crippen LogP contribution is 2.24.